The van der Waals surface area contributed by atoms with Crippen LogP contribution in [0.1, 0.15) is 31.4 Å². The van der Waals surface area contributed by atoms with Crippen molar-refractivity contribution in [2.45, 2.75) is 25.9 Å². The van der Waals surface area contributed by atoms with Crippen LogP contribution in [-0.4, -0.2) is 11.7 Å². The van der Waals surface area contributed by atoms with Gasteiger partial charge >= 0.3 is 0 Å². The van der Waals surface area contributed by atoms with Gasteiger partial charge in [0, 0.05) is 16.5 Å². The largest absolute Gasteiger partial charge is 0.493 e. The highest BCUT2D eigenvalue weighted by Gasteiger charge is 2.09. The highest BCUT2D eigenvalue weighted by molar-refractivity contribution is 9.10. The molecular formula is C12H14BrNO2. The molecule has 0 aliphatic carbocycles. The summed E-state index contributed by atoms with van der Waals surface area (Å²) in [4.78, 5) is 0. The van der Waals surface area contributed by atoms with Crippen LogP contribution in [0.25, 0.3) is 0 Å². The van der Waals surface area contributed by atoms with Crippen LogP contribution in [0.2, 0.25) is 0 Å². The first-order valence-electron chi connectivity index (χ1n) is 5.12. The number of halogens is 1. The second kappa shape index (κ2) is 6.51. The molecule has 86 valence electrons. The normalized spacial score (nSPS) is 11.9. The van der Waals surface area contributed by atoms with Crippen LogP contribution in [0.3, 0.4) is 0 Å². The second-order valence-corrected chi connectivity index (χ2v) is 4.38. The van der Waals surface area contributed by atoms with E-state index in [9.17, 15) is 5.11 Å². The molecular weight excluding hydrogens is 270 g/mol. The molecule has 0 aliphatic heterocycles. The number of ether oxygens (including phenoxy) is 1. The number of aliphatic hydroxyl groups excluding tert-OH is 1. The van der Waals surface area contributed by atoms with E-state index >= 15 is 0 Å². The third-order valence-corrected chi connectivity index (χ3v) is 2.61. The molecule has 0 amide bonds. The molecule has 1 rings (SSSR count). The average molecular weight is 284 g/mol. The van der Waals surface area contributed by atoms with Gasteiger partial charge in [0.15, 0.2) is 0 Å². The summed E-state index contributed by atoms with van der Waals surface area (Å²) in [7, 11) is 0. The number of benzene rings is 1. The van der Waals surface area contributed by atoms with Crippen LogP contribution in [0.4, 0.5) is 0 Å². The van der Waals surface area contributed by atoms with Gasteiger partial charge in [-0.15, -0.1) is 0 Å². The Bertz CT molecular complexity index is 385. The van der Waals surface area contributed by atoms with E-state index in [2.05, 4.69) is 22.0 Å². The first kappa shape index (κ1) is 13.0. The topological polar surface area (TPSA) is 53.2 Å². The van der Waals surface area contributed by atoms with Crippen LogP contribution < -0.4 is 4.74 Å². The number of nitriles is 1. The van der Waals surface area contributed by atoms with Crippen molar-refractivity contribution < 1.29 is 9.84 Å². The van der Waals surface area contributed by atoms with E-state index in [0.29, 0.717) is 25.2 Å². The summed E-state index contributed by atoms with van der Waals surface area (Å²) < 4.78 is 6.43. The van der Waals surface area contributed by atoms with Gasteiger partial charge in [0.25, 0.3) is 0 Å². The molecule has 1 aromatic rings. The summed E-state index contributed by atoms with van der Waals surface area (Å²) in [5.41, 5.74) is 0.756. The summed E-state index contributed by atoms with van der Waals surface area (Å²) in [5.74, 6) is 0.677. The Morgan fingerprint density at radius 3 is 2.94 bits per heavy atom. The van der Waals surface area contributed by atoms with E-state index in [1.54, 1.807) is 6.92 Å². The second-order valence-electron chi connectivity index (χ2n) is 3.47. The summed E-state index contributed by atoms with van der Waals surface area (Å²) >= 11 is 3.35. The number of aliphatic hydroxyl groups is 1. The molecule has 1 N–H and O–H groups in total. The van der Waals surface area contributed by atoms with Gasteiger partial charge in [-0.05, 0) is 31.5 Å². The molecule has 0 unspecified atom stereocenters. The van der Waals surface area contributed by atoms with E-state index in [1.165, 1.54) is 0 Å². The number of hydrogen-bond acceptors (Lipinski definition) is 3. The van der Waals surface area contributed by atoms with Crippen molar-refractivity contribution in [2.24, 2.45) is 0 Å². The zero-order valence-electron chi connectivity index (χ0n) is 9.11. The average Bonchev–Trinajstić information content (AvgIpc) is 2.26. The molecule has 1 aromatic carbocycles. The highest BCUT2D eigenvalue weighted by atomic mass is 79.9. The van der Waals surface area contributed by atoms with Crippen LogP contribution in [0.5, 0.6) is 5.75 Å². The zero-order chi connectivity index (χ0) is 12.0. The van der Waals surface area contributed by atoms with Crippen LogP contribution in [0.15, 0.2) is 22.7 Å². The molecule has 3 nitrogen and oxygen atoms in total. The molecule has 16 heavy (non-hydrogen) atoms. The minimum absolute atomic E-state index is 0.487. The monoisotopic (exact) mass is 283 g/mol. The Labute approximate surface area is 104 Å². The Morgan fingerprint density at radius 1 is 1.56 bits per heavy atom. The smallest absolute Gasteiger partial charge is 0.125 e. The molecule has 0 fully saturated rings. The Balaban J connectivity index is 2.68. The number of hydrogen-bond donors (Lipinski definition) is 1. The SMILES string of the molecule is C[C@@H](O)c1cc(Br)ccc1OCCCC#N. The van der Waals surface area contributed by atoms with Gasteiger partial charge in [0.2, 0.25) is 0 Å². The van der Waals surface area contributed by atoms with E-state index in [-0.39, 0.29) is 0 Å². The maximum Gasteiger partial charge on any atom is 0.125 e. The van der Waals surface area contributed by atoms with Crippen molar-refractivity contribution >= 4 is 15.9 Å². The lowest BCUT2D eigenvalue weighted by Crippen LogP contribution is -2.02. The molecule has 0 heterocycles. The Hall–Kier alpha value is -1.05. The van der Waals surface area contributed by atoms with E-state index < -0.39 is 6.10 Å². The van der Waals surface area contributed by atoms with E-state index in [1.807, 2.05) is 18.2 Å². The molecule has 4 heteroatoms. The van der Waals surface area contributed by atoms with Gasteiger partial charge in [0.05, 0.1) is 18.8 Å². The molecule has 0 bridgehead atoms. The number of nitrogens with zero attached hydrogens (tertiary/aromatic N) is 1. The lowest BCUT2D eigenvalue weighted by Gasteiger charge is -2.13. The minimum atomic E-state index is -0.566. The standard InChI is InChI=1S/C12H14BrNO2/c1-9(15)11-8-10(13)4-5-12(11)16-7-3-2-6-14/h4-5,8-9,15H,2-3,7H2,1H3/t9-/m1/s1. The van der Waals surface area contributed by atoms with Gasteiger partial charge in [-0.1, -0.05) is 15.9 Å². The van der Waals surface area contributed by atoms with Crippen LogP contribution in [0, 0.1) is 11.3 Å². The first-order chi connectivity index (χ1) is 7.65. The van der Waals surface area contributed by atoms with Crippen molar-refractivity contribution in [2.75, 3.05) is 6.61 Å². The fraction of sp³-hybridized carbons (Fsp3) is 0.417. The minimum Gasteiger partial charge on any atom is -0.493 e. The van der Waals surface area contributed by atoms with Crippen molar-refractivity contribution in [1.82, 2.24) is 0 Å². The number of unbranched alkanes of at least 4 members (excludes halogenated alkanes) is 1. The molecule has 0 aromatic heterocycles. The van der Waals surface area contributed by atoms with Crippen molar-refractivity contribution in [3.63, 3.8) is 0 Å². The summed E-state index contributed by atoms with van der Waals surface area (Å²) in [6, 6.07) is 7.59. The van der Waals surface area contributed by atoms with Crippen molar-refractivity contribution in [3.8, 4) is 11.8 Å². The number of rotatable bonds is 5. The Morgan fingerprint density at radius 2 is 2.31 bits per heavy atom. The summed E-state index contributed by atoms with van der Waals surface area (Å²) in [5, 5.41) is 18.0. The molecule has 0 saturated carbocycles. The fourth-order valence-electron chi connectivity index (χ4n) is 1.31. The quantitative estimate of drug-likeness (QED) is 0.845. The third-order valence-electron chi connectivity index (χ3n) is 2.11. The fourth-order valence-corrected chi connectivity index (χ4v) is 1.69. The Kier molecular flexibility index (Phi) is 5.30. The highest BCUT2D eigenvalue weighted by Crippen LogP contribution is 2.28. The maximum atomic E-state index is 9.58. The van der Waals surface area contributed by atoms with Gasteiger partial charge in [-0.2, -0.15) is 5.26 Å². The third kappa shape index (κ3) is 3.84. The van der Waals surface area contributed by atoms with Crippen LogP contribution >= 0.6 is 15.9 Å². The predicted octanol–water partition coefficient (Wildman–Crippen LogP) is 3.18. The molecule has 0 spiro atoms. The van der Waals surface area contributed by atoms with Crippen LogP contribution in [-0.2, 0) is 0 Å². The molecule has 0 aliphatic rings. The van der Waals surface area contributed by atoms with Crippen molar-refractivity contribution in [1.29, 1.82) is 5.26 Å². The molecule has 0 radical (unpaired) electrons. The summed E-state index contributed by atoms with van der Waals surface area (Å²) in [6.07, 6.45) is 0.621. The van der Waals surface area contributed by atoms with E-state index in [4.69, 9.17) is 10.00 Å². The van der Waals surface area contributed by atoms with Gasteiger partial charge < -0.3 is 9.84 Å². The van der Waals surface area contributed by atoms with Gasteiger partial charge in [0.1, 0.15) is 5.75 Å². The first-order valence-corrected chi connectivity index (χ1v) is 5.91. The summed E-state index contributed by atoms with van der Waals surface area (Å²) in [6.45, 7) is 2.19. The molecule has 0 saturated heterocycles. The van der Waals surface area contributed by atoms with Crippen molar-refractivity contribution in [3.05, 3.63) is 28.2 Å². The van der Waals surface area contributed by atoms with E-state index in [0.717, 1.165) is 10.0 Å². The lowest BCUT2D eigenvalue weighted by molar-refractivity contribution is 0.191. The maximum absolute atomic E-state index is 9.58. The lowest BCUT2D eigenvalue weighted by atomic mass is 10.1. The predicted molar refractivity (Wildman–Crippen MR) is 65.1 cm³/mol. The zero-order valence-corrected chi connectivity index (χ0v) is 10.7. The van der Waals surface area contributed by atoms with Gasteiger partial charge in [-0.25, -0.2) is 0 Å². The molecule has 1 atom stereocenters. The van der Waals surface area contributed by atoms with Gasteiger partial charge in [-0.3, -0.25) is 0 Å².